The molecule has 4 aromatic rings. The quantitative estimate of drug-likeness (QED) is 0.171. The number of likely N-dealkylation sites (N-methyl/N-ethyl adjacent to an activating group) is 1. The molecule has 13 heteroatoms. The van der Waals surface area contributed by atoms with E-state index < -0.39 is 35.9 Å². The summed E-state index contributed by atoms with van der Waals surface area (Å²) in [6, 6.07) is 20.8. The van der Waals surface area contributed by atoms with Gasteiger partial charge in [-0.2, -0.15) is 13.2 Å². The molecule has 1 aliphatic heterocycles. The lowest BCUT2D eigenvalue weighted by atomic mass is 10.0. The van der Waals surface area contributed by atoms with Crippen molar-refractivity contribution in [2.45, 2.75) is 38.6 Å². The summed E-state index contributed by atoms with van der Waals surface area (Å²) < 4.78 is 45.3. The molecule has 1 aliphatic rings. The molecule has 0 fully saturated rings. The number of alkyl halides is 3. The predicted molar refractivity (Wildman–Crippen MR) is 182 cm³/mol. The van der Waals surface area contributed by atoms with E-state index in [-0.39, 0.29) is 43.6 Å². The van der Waals surface area contributed by atoms with E-state index in [1.165, 1.54) is 24.1 Å². The minimum absolute atomic E-state index is 0.0655. The lowest BCUT2D eigenvalue weighted by Gasteiger charge is -2.34. The Morgan fingerprint density at radius 1 is 0.980 bits per heavy atom. The molecule has 0 saturated heterocycles. The molecule has 0 bridgehead atoms. The lowest BCUT2D eigenvalue weighted by molar-refractivity contribution is -0.137. The standard InChI is InChI=1S/C36H38F3N5O5/c1-22-19-44(23(2)21-45)33(46)18-25-17-28(40-34(47)42-30-10-6-8-24-7-4-5-9-29(24)30)15-16-31(25)49-32(22)20-43(3)35(48)41-27-13-11-26(12-14-27)36(37,38)39/h4-17,22-23,32,45H,18-21H2,1-3H3,(H,41,48)(H2,40,42,47)/t22-,23+,32+/m1/s1. The Labute approximate surface area is 281 Å². The largest absolute Gasteiger partial charge is 0.488 e. The second-order valence-electron chi connectivity index (χ2n) is 12.2. The Morgan fingerprint density at radius 3 is 2.39 bits per heavy atom. The van der Waals surface area contributed by atoms with Crippen molar-refractivity contribution in [3.05, 3.63) is 96.1 Å². The number of fused-ring (bicyclic) bond motifs is 2. The zero-order valence-corrected chi connectivity index (χ0v) is 27.3. The maximum absolute atomic E-state index is 13.6. The SMILES string of the molecule is C[C@@H]1CN([C@@H](C)CO)C(=O)Cc2cc(NC(=O)Nc3cccc4ccccc34)ccc2O[C@H]1CN(C)C(=O)Nc1ccc(C(F)(F)F)cc1. The number of aliphatic hydroxyl groups excluding tert-OH is 1. The fourth-order valence-electron chi connectivity index (χ4n) is 5.66. The number of aliphatic hydroxyl groups is 1. The summed E-state index contributed by atoms with van der Waals surface area (Å²) in [5.74, 6) is -0.167. The molecule has 0 aromatic heterocycles. The summed E-state index contributed by atoms with van der Waals surface area (Å²) >= 11 is 0. The minimum atomic E-state index is -4.50. The van der Waals surface area contributed by atoms with Gasteiger partial charge >= 0.3 is 18.2 Å². The number of nitrogens with one attached hydrogen (secondary N) is 3. The number of halogens is 3. The predicted octanol–water partition coefficient (Wildman–Crippen LogP) is 6.82. The van der Waals surface area contributed by atoms with E-state index in [1.54, 1.807) is 36.1 Å². The summed E-state index contributed by atoms with van der Waals surface area (Å²) in [5.41, 5.74) is 0.918. The van der Waals surface area contributed by atoms with Gasteiger partial charge in [0.1, 0.15) is 11.9 Å². The summed E-state index contributed by atoms with van der Waals surface area (Å²) in [7, 11) is 1.53. The van der Waals surface area contributed by atoms with Crippen LogP contribution in [0.5, 0.6) is 5.75 Å². The van der Waals surface area contributed by atoms with Gasteiger partial charge in [0.2, 0.25) is 5.91 Å². The maximum atomic E-state index is 13.6. The molecule has 0 aliphatic carbocycles. The number of urea groups is 2. The number of amides is 5. The van der Waals surface area contributed by atoms with Crippen LogP contribution >= 0.6 is 0 Å². The summed E-state index contributed by atoms with van der Waals surface area (Å²) in [4.78, 5) is 42.6. The first-order valence-electron chi connectivity index (χ1n) is 15.8. The van der Waals surface area contributed by atoms with Gasteiger partial charge in [0, 0.05) is 41.8 Å². The normalized spacial score (nSPS) is 17.1. The van der Waals surface area contributed by atoms with Crippen molar-refractivity contribution in [3.8, 4) is 5.75 Å². The van der Waals surface area contributed by atoms with Crippen LogP contribution in [0.4, 0.5) is 39.8 Å². The second-order valence-corrected chi connectivity index (χ2v) is 12.2. The van der Waals surface area contributed by atoms with Crippen LogP contribution in [-0.4, -0.2) is 71.8 Å². The third-order valence-electron chi connectivity index (χ3n) is 8.48. The van der Waals surface area contributed by atoms with Crippen LogP contribution < -0.4 is 20.7 Å². The molecule has 4 aromatic carbocycles. The highest BCUT2D eigenvalue weighted by Crippen LogP contribution is 2.31. The summed E-state index contributed by atoms with van der Waals surface area (Å²) in [6.45, 7) is 3.64. The Morgan fingerprint density at radius 2 is 1.67 bits per heavy atom. The zero-order chi connectivity index (χ0) is 35.3. The van der Waals surface area contributed by atoms with Gasteiger partial charge in [0.15, 0.2) is 0 Å². The third-order valence-corrected chi connectivity index (χ3v) is 8.48. The second kappa shape index (κ2) is 14.9. The average molecular weight is 678 g/mol. The van der Waals surface area contributed by atoms with Gasteiger partial charge in [-0.1, -0.05) is 43.3 Å². The number of anilines is 3. The van der Waals surface area contributed by atoms with Crippen molar-refractivity contribution in [2.75, 3.05) is 42.7 Å². The number of benzene rings is 4. The number of rotatable bonds is 7. The first kappa shape index (κ1) is 35.0. The molecule has 4 N–H and O–H groups in total. The van der Waals surface area contributed by atoms with E-state index in [2.05, 4.69) is 16.0 Å². The van der Waals surface area contributed by atoms with E-state index in [1.807, 2.05) is 43.3 Å². The number of nitrogens with zero attached hydrogens (tertiary/aromatic N) is 2. The molecule has 5 rings (SSSR count). The molecule has 10 nitrogen and oxygen atoms in total. The van der Waals surface area contributed by atoms with Crippen LogP contribution in [0.25, 0.3) is 10.8 Å². The highest BCUT2D eigenvalue weighted by Gasteiger charge is 2.33. The Kier molecular flexibility index (Phi) is 10.6. The molecule has 0 radical (unpaired) electrons. The summed E-state index contributed by atoms with van der Waals surface area (Å²) in [5, 5.41) is 20.1. The van der Waals surface area contributed by atoms with Crippen LogP contribution in [0.15, 0.2) is 84.9 Å². The number of carbonyl (C=O) groups is 3. The van der Waals surface area contributed by atoms with Crippen molar-refractivity contribution in [3.63, 3.8) is 0 Å². The number of hydrogen-bond acceptors (Lipinski definition) is 5. The van der Waals surface area contributed by atoms with Crippen LogP contribution in [0, 0.1) is 5.92 Å². The van der Waals surface area contributed by atoms with E-state index in [4.69, 9.17) is 4.74 Å². The molecule has 0 unspecified atom stereocenters. The van der Waals surface area contributed by atoms with Crippen molar-refractivity contribution >= 4 is 45.8 Å². The smallest absolute Gasteiger partial charge is 0.416 e. The highest BCUT2D eigenvalue weighted by atomic mass is 19.4. The zero-order valence-electron chi connectivity index (χ0n) is 27.3. The van der Waals surface area contributed by atoms with Crippen LogP contribution in [0.2, 0.25) is 0 Å². The van der Waals surface area contributed by atoms with Crippen LogP contribution in [0.1, 0.15) is 25.0 Å². The van der Waals surface area contributed by atoms with Gasteiger partial charge < -0.3 is 35.6 Å². The van der Waals surface area contributed by atoms with Gasteiger partial charge in [-0.25, -0.2) is 9.59 Å². The van der Waals surface area contributed by atoms with Crippen LogP contribution in [-0.2, 0) is 17.4 Å². The third kappa shape index (κ3) is 8.60. The van der Waals surface area contributed by atoms with Gasteiger partial charge in [-0.3, -0.25) is 4.79 Å². The maximum Gasteiger partial charge on any atom is 0.416 e. The van der Waals surface area contributed by atoms with Gasteiger partial charge in [-0.15, -0.1) is 0 Å². The van der Waals surface area contributed by atoms with E-state index >= 15 is 0 Å². The van der Waals surface area contributed by atoms with E-state index in [9.17, 15) is 32.7 Å². The molecule has 258 valence electrons. The average Bonchev–Trinajstić information content (AvgIpc) is 3.11. The summed E-state index contributed by atoms with van der Waals surface area (Å²) in [6.07, 6.45) is -5.19. The monoisotopic (exact) mass is 677 g/mol. The Bertz CT molecular complexity index is 1810. The molecular formula is C36H38F3N5O5. The van der Waals surface area contributed by atoms with Crippen molar-refractivity contribution in [2.24, 2.45) is 5.92 Å². The minimum Gasteiger partial charge on any atom is -0.488 e. The molecule has 0 spiro atoms. The lowest BCUT2D eigenvalue weighted by Crippen LogP contribution is -2.48. The number of carbonyl (C=O) groups excluding carboxylic acids is 3. The molecule has 3 atom stereocenters. The molecule has 49 heavy (non-hydrogen) atoms. The van der Waals surface area contributed by atoms with E-state index in [0.717, 1.165) is 22.9 Å². The fraction of sp³-hybridized carbons (Fsp3) is 0.306. The Hall–Kier alpha value is -5.30. The van der Waals surface area contributed by atoms with Crippen molar-refractivity contribution in [1.82, 2.24) is 9.80 Å². The van der Waals surface area contributed by atoms with Crippen LogP contribution in [0.3, 0.4) is 0 Å². The van der Waals surface area contributed by atoms with Gasteiger partial charge in [0.25, 0.3) is 0 Å². The molecule has 1 heterocycles. The molecular weight excluding hydrogens is 639 g/mol. The van der Waals surface area contributed by atoms with Gasteiger partial charge in [-0.05, 0) is 60.8 Å². The topological polar surface area (TPSA) is 123 Å². The van der Waals surface area contributed by atoms with Gasteiger partial charge in [0.05, 0.1) is 36.9 Å². The number of ether oxygens (including phenoxy) is 1. The first-order valence-corrected chi connectivity index (χ1v) is 15.8. The highest BCUT2D eigenvalue weighted by molar-refractivity contribution is 6.06. The number of hydrogen-bond donors (Lipinski definition) is 4. The first-order chi connectivity index (χ1) is 23.3. The van der Waals surface area contributed by atoms with Crippen molar-refractivity contribution in [1.29, 1.82) is 0 Å². The Balaban J connectivity index is 1.34. The molecule has 0 saturated carbocycles. The van der Waals surface area contributed by atoms with Crippen molar-refractivity contribution < 1.29 is 37.4 Å². The van der Waals surface area contributed by atoms with E-state index in [0.29, 0.717) is 22.7 Å². The molecule has 5 amide bonds. The fourth-order valence-corrected chi connectivity index (χ4v) is 5.66.